The molecule has 2 aromatic rings. The number of hydrogen-bond acceptors (Lipinski definition) is 4. The van der Waals surface area contributed by atoms with Gasteiger partial charge in [0.05, 0.1) is 29.4 Å². The third-order valence-electron chi connectivity index (χ3n) is 5.08. The van der Waals surface area contributed by atoms with Crippen LogP contribution in [0.25, 0.3) is 10.9 Å². The Balaban J connectivity index is 1.53. The second kappa shape index (κ2) is 5.37. The van der Waals surface area contributed by atoms with Crippen LogP contribution in [0.1, 0.15) is 23.2 Å². The average Bonchev–Trinajstić information content (AvgIpc) is 3.15. The number of nitrogens with one attached hydrogen (secondary N) is 3. The van der Waals surface area contributed by atoms with E-state index in [9.17, 15) is 9.90 Å². The van der Waals surface area contributed by atoms with Crippen LogP contribution in [0.2, 0.25) is 0 Å². The minimum atomic E-state index is -0.467. The molecule has 1 saturated carbocycles. The van der Waals surface area contributed by atoms with E-state index in [0.717, 1.165) is 36.8 Å². The van der Waals surface area contributed by atoms with Crippen molar-refractivity contribution in [1.82, 2.24) is 20.8 Å². The van der Waals surface area contributed by atoms with Crippen molar-refractivity contribution >= 4 is 16.8 Å². The molecule has 2 heterocycles. The maximum absolute atomic E-state index is 12.6. The number of aliphatic hydroxyl groups excluding tert-OH is 1. The van der Waals surface area contributed by atoms with Crippen LogP contribution in [0.3, 0.4) is 0 Å². The zero-order valence-electron chi connectivity index (χ0n) is 12.2. The Labute approximate surface area is 128 Å². The monoisotopic (exact) mass is 300 g/mol. The van der Waals surface area contributed by atoms with E-state index in [1.54, 1.807) is 12.3 Å². The molecule has 4 rings (SSSR count). The Bertz CT molecular complexity index is 698. The van der Waals surface area contributed by atoms with Crippen molar-refractivity contribution in [3.63, 3.8) is 0 Å². The van der Waals surface area contributed by atoms with E-state index in [1.807, 2.05) is 12.1 Å². The normalized spacial score (nSPS) is 31.1. The van der Waals surface area contributed by atoms with Crippen molar-refractivity contribution in [2.45, 2.75) is 25.0 Å². The number of fused-ring (bicyclic) bond motifs is 2. The number of amides is 1. The van der Waals surface area contributed by atoms with E-state index in [-0.39, 0.29) is 11.9 Å². The summed E-state index contributed by atoms with van der Waals surface area (Å²) in [5.74, 6) is 0.944. The lowest BCUT2D eigenvalue weighted by molar-refractivity contribution is 0.0462. The Kier molecular flexibility index (Phi) is 3.35. The molecule has 2 aliphatic rings. The van der Waals surface area contributed by atoms with E-state index < -0.39 is 6.10 Å². The van der Waals surface area contributed by atoms with Crippen LogP contribution in [0.15, 0.2) is 24.4 Å². The first-order valence-corrected chi connectivity index (χ1v) is 7.84. The molecule has 0 spiro atoms. The first-order chi connectivity index (χ1) is 10.7. The molecule has 1 amide bonds. The van der Waals surface area contributed by atoms with E-state index in [2.05, 4.69) is 20.8 Å². The van der Waals surface area contributed by atoms with Crippen LogP contribution in [0.5, 0.6) is 0 Å². The Morgan fingerprint density at radius 1 is 1.27 bits per heavy atom. The van der Waals surface area contributed by atoms with Crippen LogP contribution in [-0.2, 0) is 0 Å². The van der Waals surface area contributed by atoms with E-state index in [4.69, 9.17) is 0 Å². The second-order valence-electron chi connectivity index (χ2n) is 6.44. The summed E-state index contributed by atoms with van der Waals surface area (Å²) in [7, 11) is 0. The molecule has 1 aromatic heterocycles. The zero-order chi connectivity index (χ0) is 15.1. The Morgan fingerprint density at radius 2 is 2.09 bits per heavy atom. The van der Waals surface area contributed by atoms with Crippen LogP contribution in [-0.4, -0.2) is 46.4 Å². The van der Waals surface area contributed by atoms with Gasteiger partial charge in [0.1, 0.15) is 0 Å². The number of carbonyl (C=O) groups excluding carboxylic acids is 1. The molecule has 4 N–H and O–H groups in total. The number of aliphatic hydroxyl groups is 1. The summed E-state index contributed by atoms with van der Waals surface area (Å²) in [5, 5.41) is 24.5. The van der Waals surface area contributed by atoms with Crippen LogP contribution in [0, 0.1) is 11.8 Å². The SMILES string of the molecule is O=C(N[C@H]1C[C@H]2CNC[C@H]2C[C@@H]1O)c1cccc2cn[nH]c12. The summed E-state index contributed by atoms with van der Waals surface area (Å²) in [6, 6.07) is 5.37. The number of benzene rings is 1. The molecule has 22 heavy (non-hydrogen) atoms. The predicted molar refractivity (Wildman–Crippen MR) is 82.4 cm³/mol. The van der Waals surface area contributed by atoms with Gasteiger partial charge in [-0.25, -0.2) is 0 Å². The van der Waals surface area contributed by atoms with Gasteiger partial charge in [0.15, 0.2) is 0 Å². The van der Waals surface area contributed by atoms with E-state index in [1.165, 1.54) is 0 Å². The maximum Gasteiger partial charge on any atom is 0.253 e. The lowest BCUT2D eigenvalue weighted by Gasteiger charge is -2.35. The molecular weight excluding hydrogens is 280 g/mol. The molecule has 0 radical (unpaired) electrons. The van der Waals surface area contributed by atoms with Gasteiger partial charge in [0, 0.05) is 5.39 Å². The van der Waals surface area contributed by atoms with Crippen LogP contribution >= 0.6 is 0 Å². The summed E-state index contributed by atoms with van der Waals surface area (Å²) < 4.78 is 0. The average molecular weight is 300 g/mol. The zero-order valence-corrected chi connectivity index (χ0v) is 12.2. The third kappa shape index (κ3) is 2.28. The number of nitrogens with zero attached hydrogens (tertiary/aromatic N) is 1. The molecule has 1 aromatic carbocycles. The van der Waals surface area contributed by atoms with Gasteiger partial charge in [-0.15, -0.1) is 0 Å². The van der Waals surface area contributed by atoms with Crippen molar-refractivity contribution in [2.75, 3.05) is 13.1 Å². The van der Waals surface area contributed by atoms with Crippen LogP contribution < -0.4 is 10.6 Å². The summed E-state index contributed by atoms with van der Waals surface area (Å²) in [4.78, 5) is 12.6. The van der Waals surface area contributed by atoms with E-state index >= 15 is 0 Å². The smallest absolute Gasteiger partial charge is 0.253 e. The number of H-pyrrole nitrogens is 1. The fourth-order valence-electron chi connectivity index (χ4n) is 3.86. The van der Waals surface area contributed by atoms with Gasteiger partial charge in [-0.05, 0) is 43.8 Å². The van der Waals surface area contributed by atoms with Crippen molar-refractivity contribution < 1.29 is 9.90 Å². The number of hydrogen-bond donors (Lipinski definition) is 4. The topological polar surface area (TPSA) is 90.0 Å². The van der Waals surface area contributed by atoms with Crippen LogP contribution in [0.4, 0.5) is 0 Å². The standard InChI is InChI=1S/C16H20N4O2/c21-14-5-11-7-17-6-10(11)4-13(14)19-16(22)12-3-1-2-9-8-18-20-15(9)12/h1-3,8,10-11,13-14,17,21H,4-7H2,(H,18,20)(H,19,22)/t10-,11+,13-,14-/m0/s1. The molecule has 6 heteroatoms. The molecule has 0 unspecified atom stereocenters. The molecule has 2 fully saturated rings. The molecule has 1 aliphatic heterocycles. The summed E-state index contributed by atoms with van der Waals surface area (Å²) >= 11 is 0. The summed E-state index contributed by atoms with van der Waals surface area (Å²) in [6.45, 7) is 1.97. The highest BCUT2D eigenvalue weighted by molar-refractivity contribution is 6.05. The van der Waals surface area contributed by atoms with E-state index in [0.29, 0.717) is 17.4 Å². The van der Waals surface area contributed by atoms with Gasteiger partial charge in [0.2, 0.25) is 0 Å². The van der Waals surface area contributed by atoms with Gasteiger partial charge in [0.25, 0.3) is 5.91 Å². The molecule has 1 saturated heterocycles. The lowest BCUT2D eigenvalue weighted by Crippen LogP contribution is -2.49. The number of rotatable bonds is 2. The molecule has 0 bridgehead atoms. The minimum Gasteiger partial charge on any atom is -0.391 e. The van der Waals surface area contributed by atoms with Gasteiger partial charge in [-0.1, -0.05) is 12.1 Å². The predicted octanol–water partition coefficient (Wildman–Crippen LogP) is 0.652. The fourth-order valence-corrected chi connectivity index (χ4v) is 3.86. The highest BCUT2D eigenvalue weighted by Gasteiger charge is 2.39. The first-order valence-electron chi connectivity index (χ1n) is 7.84. The highest BCUT2D eigenvalue weighted by atomic mass is 16.3. The third-order valence-corrected chi connectivity index (χ3v) is 5.08. The molecular formula is C16H20N4O2. The lowest BCUT2D eigenvalue weighted by atomic mass is 9.77. The quantitative estimate of drug-likeness (QED) is 0.655. The Hall–Kier alpha value is -1.92. The second-order valence-corrected chi connectivity index (χ2v) is 6.44. The van der Waals surface area contributed by atoms with Gasteiger partial charge < -0.3 is 15.7 Å². The molecule has 4 atom stereocenters. The van der Waals surface area contributed by atoms with Crippen molar-refractivity contribution in [2.24, 2.45) is 11.8 Å². The largest absolute Gasteiger partial charge is 0.391 e. The number of aromatic nitrogens is 2. The van der Waals surface area contributed by atoms with Crippen molar-refractivity contribution in [3.8, 4) is 0 Å². The Morgan fingerprint density at radius 3 is 2.95 bits per heavy atom. The minimum absolute atomic E-state index is 0.150. The van der Waals surface area contributed by atoms with Gasteiger partial charge >= 0.3 is 0 Å². The fraction of sp³-hybridized carbons (Fsp3) is 0.500. The first kappa shape index (κ1) is 13.7. The van der Waals surface area contributed by atoms with Crippen molar-refractivity contribution in [1.29, 1.82) is 0 Å². The molecule has 1 aliphatic carbocycles. The van der Waals surface area contributed by atoms with Gasteiger partial charge in [-0.3, -0.25) is 9.89 Å². The summed E-state index contributed by atoms with van der Waals surface area (Å²) in [5.41, 5.74) is 1.32. The van der Waals surface area contributed by atoms with Crippen molar-refractivity contribution in [3.05, 3.63) is 30.0 Å². The van der Waals surface area contributed by atoms with Gasteiger partial charge in [-0.2, -0.15) is 5.10 Å². The highest BCUT2D eigenvalue weighted by Crippen LogP contribution is 2.33. The number of aromatic amines is 1. The maximum atomic E-state index is 12.6. The number of carbonyl (C=O) groups is 1. The molecule has 116 valence electrons. The molecule has 6 nitrogen and oxygen atoms in total. The summed E-state index contributed by atoms with van der Waals surface area (Å²) in [6.07, 6.45) is 2.84. The number of para-hydroxylation sites is 1.